The lowest BCUT2D eigenvalue weighted by atomic mass is 9.86. The summed E-state index contributed by atoms with van der Waals surface area (Å²) in [5.74, 6) is -3.93. The van der Waals surface area contributed by atoms with Crippen LogP contribution in [0.4, 0.5) is 46.8 Å². The predicted molar refractivity (Wildman–Crippen MR) is 107 cm³/mol. The van der Waals surface area contributed by atoms with Crippen molar-refractivity contribution in [3.05, 3.63) is 53.7 Å². The van der Waals surface area contributed by atoms with Crippen LogP contribution in [-0.2, 0) is 12.4 Å². The van der Waals surface area contributed by atoms with E-state index >= 15 is 0 Å². The summed E-state index contributed by atoms with van der Waals surface area (Å²) in [6.45, 7) is 0. The van der Waals surface area contributed by atoms with Gasteiger partial charge < -0.3 is 5.32 Å². The molecule has 0 unspecified atom stereocenters. The van der Waals surface area contributed by atoms with Crippen LogP contribution in [0.2, 0.25) is 0 Å². The molecule has 0 atom stereocenters. The number of hydrogen-bond acceptors (Lipinski definition) is 6. The summed E-state index contributed by atoms with van der Waals surface area (Å²) >= 11 is 0. The summed E-state index contributed by atoms with van der Waals surface area (Å²) in [7, 11) is 0. The molecule has 4 rings (SSSR count). The van der Waals surface area contributed by atoms with Gasteiger partial charge in [0.25, 0.3) is 0 Å². The van der Waals surface area contributed by atoms with Crippen LogP contribution in [-0.4, -0.2) is 30.8 Å². The van der Waals surface area contributed by atoms with E-state index in [1.807, 2.05) is 0 Å². The molecule has 3 aromatic rings. The highest BCUT2D eigenvalue weighted by atomic mass is 19.4. The summed E-state index contributed by atoms with van der Waals surface area (Å²) in [5, 5.41) is 2.57. The van der Waals surface area contributed by atoms with Crippen LogP contribution in [0.5, 0.6) is 0 Å². The highest BCUT2D eigenvalue weighted by Gasteiger charge is 2.37. The minimum Gasteiger partial charge on any atom is -0.324 e. The number of aromatic nitrogens is 5. The van der Waals surface area contributed by atoms with Crippen LogP contribution in [0.3, 0.4) is 0 Å². The van der Waals surface area contributed by atoms with Gasteiger partial charge in [0, 0.05) is 30.6 Å². The number of pyridine rings is 2. The summed E-state index contributed by atoms with van der Waals surface area (Å²) in [5.41, 5.74) is -2.75. The van der Waals surface area contributed by atoms with Crippen molar-refractivity contribution in [1.29, 1.82) is 0 Å². The zero-order valence-corrected chi connectivity index (χ0v) is 17.6. The Bertz CT molecular complexity index is 1200. The molecule has 0 spiro atoms. The molecule has 0 saturated heterocycles. The molecule has 0 aliphatic heterocycles. The fourth-order valence-corrected chi connectivity index (χ4v) is 3.55. The first-order valence-electron chi connectivity index (χ1n) is 10.3. The third-order valence-corrected chi connectivity index (χ3v) is 5.31. The van der Waals surface area contributed by atoms with E-state index < -0.39 is 48.4 Å². The smallest absolute Gasteiger partial charge is 0.324 e. The summed E-state index contributed by atoms with van der Waals surface area (Å²) in [6.07, 6.45) is -9.38. The average molecular weight is 504 g/mol. The van der Waals surface area contributed by atoms with Crippen molar-refractivity contribution in [2.24, 2.45) is 0 Å². The molecule has 1 saturated carbocycles. The second-order valence-electron chi connectivity index (χ2n) is 7.93. The van der Waals surface area contributed by atoms with Gasteiger partial charge >= 0.3 is 12.4 Å². The average Bonchev–Trinajstić information content (AvgIpc) is 2.78. The highest BCUT2D eigenvalue weighted by Crippen LogP contribution is 2.40. The lowest BCUT2D eigenvalue weighted by molar-refractivity contribution is -0.141. The standard InChI is InChI=1S/C21H16F8N6/c22-19(23)7-4-11(5-8-19)16-33-17(13-2-1-3-14(32-13)20(24,25)26)35-18(34-16)31-12-6-9-30-15(10-12)21(27,28)29/h1-3,6,9-11H,4-5,7-8H2,(H,30,31,33,34,35). The molecule has 35 heavy (non-hydrogen) atoms. The zero-order chi connectivity index (χ0) is 25.4. The van der Waals surface area contributed by atoms with Crippen molar-refractivity contribution in [2.45, 2.75) is 49.9 Å². The Balaban J connectivity index is 1.74. The molecule has 0 aromatic carbocycles. The predicted octanol–water partition coefficient (Wildman–Crippen LogP) is 6.40. The van der Waals surface area contributed by atoms with Gasteiger partial charge in [-0.1, -0.05) is 6.07 Å². The maximum absolute atomic E-state index is 13.6. The van der Waals surface area contributed by atoms with Crippen LogP contribution in [0.25, 0.3) is 11.5 Å². The topological polar surface area (TPSA) is 76.5 Å². The minimum atomic E-state index is -4.74. The highest BCUT2D eigenvalue weighted by molar-refractivity contribution is 5.57. The molecule has 1 fully saturated rings. The molecule has 0 radical (unpaired) electrons. The number of halogens is 8. The molecule has 186 valence electrons. The molecule has 0 bridgehead atoms. The van der Waals surface area contributed by atoms with E-state index in [4.69, 9.17) is 0 Å². The maximum Gasteiger partial charge on any atom is 0.433 e. The Kier molecular flexibility index (Phi) is 6.32. The van der Waals surface area contributed by atoms with E-state index in [9.17, 15) is 35.1 Å². The van der Waals surface area contributed by atoms with E-state index in [0.29, 0.717) is 6.07 Å². The number of rotatable bonds is 4. The quantitative estimate of drug-likeness (QED) is 0.415. The number of alkyl halides is 8. The number of nitrogens with zero attached hydrogens (tertiary/aromatic N) is 5. The Morgan fingerprint density at radius 3 is 2.17 bits per heavy atom. The van der Waals surface area contributed by atoms with E-state index in [1.165, 1.54) is 12.1 Å². The van der Waals surface area contributed by atoms with Crippen molar-refractivity contribution in [3.8, 4) is 11.5 Å². The normalized spacial score (nSPS) is 16.8. The second-order valence-corrected chi connectivity index (χ2v) is 7.93. The summed E-state index contributed by atoms with van der Waals surface area (Å²) in [6, 6.07) is 4.99. The fraction of sp³-hybridized carbons (Fsp3) is 0.381. The lowest BCUT2D eigenvalue weighted by Gasteiger charge is -2.27. The molecule has 0 amide bonds. The van der Waals surface area contributed by atoms with Gasteiger partial charge in [-0.3, -0.25) is 4.98 Å². The first-order valence-corrected chi connectivity index (χ1v) is 10.3. The van der Waals surface area contributed by atoms with Crippen molar-refractivity contribution in [2.75, 3.05) is 5.32 Å². The number of anilines is 2. The van der Waals surface area contributed by atoms with Crippen molar-refractivity contribution in [1.82, 2.24) is 24.9 Å². The van der Waals surface area contributed by atoms with Gasteiger partial charge in [0.1, 0.15) is 22.9 Å². The fourth-order valence-electron chi connectivity index (χ4n) is 3.55. The molecule has 1 aliphatic carbocycles. The van der Waals surface area contributed by atoms with Crippen molar-refractivity contribution < 1.29 is 35.1 Å². The van der Waals surface area contributed by atoms with Crippen LogP contribution >= 0.6 is 0 Å². The first kappa shape index (κ1) is 24.7. The van der Waals surface area contributed by atoms with E-state index in [0.717, 1.165) is 18.3 Å². The molecule has 1 aliphatic rings. The molecule has 14 heteroatoms. The Hall–Kier alpha value is -3.45. The Morgan fingerprint density at radius 2 is 1.51 bits per heavy atom. The lowest BCUT2D eigenvalue weighted by Crippen LogP contribution is -2.25. The Labute approximate surface area is 192 Å². The number of nitrogens with one attached hydrogen (secondary N) is 1. The van der Waals surface area contributed by atoms with Crippen molar-refractivity contribution >= 4 is 11.6 Å². The van der Waals surface area contributed by atoms with Gasteiger partial charge in [-0.15, -0.1) is 0 Å². The van der Waals surface area contributed by atoms with Gasteiger partial charge in [0.2, 0.25) is 11.9 Å². The van der Waals surface area contributed by atoms with Gasteiger partial charge in [0.05, 0.1) is 0 Å². The van der Waals surface area contributed by atoms with Crippen LogP contribution in [0.15, 0.2) is 36.5 Å². The zero-order valence-electron chi connectivity index (χ0n) is 17.6. The Morgan fingerprint density at radius 1 is 0.829 bits per heavy atom. The van der Waals surface area contributed by atoms with Crippen LogP contribution < -0.4 is 5.32 Å². The molecular weight excluding hydrogens is 488 g/mol. The van der Waals surface area contributed by atoms with E-state index in [2.05, 4.69) is 30.2 Å². The third kappa shape index (κ3) is 5.98. The van der Waals surface area contributed by atoms with Gasteiger partial charge in [-0.2, -0.15) is 36.3 Å². The largest absolute Gasteiger partial charge is 0.433 e. The van der Waals surface area contributed by atoms with Crippen LogP contribution in [0.1, 0.15) is 48.8 Å². The van der Waals surface area contributed by atoms with Crippen molar-refractivity contribution in [3.63, 3.8) is 0 Å². The molecule has 3 aromatic heterocycles. The summed E-state index contributed by atoms with van der Waals surface area (Å²) in [4.78, 5) is 19.1. The van der Waals surface area contributed by atoms with Gasteiger partial charge in [-0.05, 0) is 37.1 Å². The second kappa shape index (κ2) is 8.96. The monoisotopic (exact) mass is 504 g/mol. The third-order valence-electron chi connectivity index (χ3n) is 5.31. The number of hydrogen-bond donors (Lipinski definition) is 1. The first-order chi connectivity index (χ1) is 16.3. The molecular formula is C21H16F8N6. The maximum atomic E-state index is 13.6. The van der Waals surface area contributed by atoms with E-state index in [-0.39, 0.29) is 41.8 Å². The molecule has 6 nitrogen and oxygen atoms in total. The summed E-state index contributed by atoms with van der Waals surface area (Å²) < 4.78 is 106. The minimum absolute atomic E-state index is 0.0133. The van der Waals surface area contributed by atoms with Crippen LogP contribution in [0, 0.1) is 0 Å². The van der Waals surface area contributed by atoms with E-state index in [1.54, 1.807) is 0 Å². The van der Waals surface area contributed by atoms with Gasteiger partial charge in [-0.25, -0.2) is 18.7 Å². The van der Waals surface area contributed by atoms with Gasteiger partial charge in [0.15, 0.2) is 5.82 Å². The SMILES string of the molecule is FC1(F)CCC(c2nc(Nc3ccnc(C(F)(F)F)c3)nc(-c3cccc(C(F)(F)F)n3)n2)CC1. The molecule has 3 heterocycles. The molecule has 1 N–H and O–H groups in total.